The van der Waals surface area contributed by atoms with E-state index in [1.807, 2.05) is 12.1 Å². The van der Waals surface area contributed by atoms with Crippen molar-refractivity contribution in [1.82, 2.24) is 5.32 Å². The molecule has 0 fully saturated rings. The van der Waals surface area contributed by atoms with Gasteiger partial charge in [0.2, 0.25) is 0 Å². The maximum atomic E-state index is 9.71. The smallest absolute Gasteiger partial charge is 0.105 e. The van der Waals surface area contributed by atoms with E-state index >= 15 is 0 Å². The van der Waals surface area contributed by atoms with Gasteiger partial charge >= 0.3 is 0 Å². The summed E-state index contributed by atoms with van der Waals surface area (Å²) in [5.41, 5.74) is 0. The molecule has 1 heterocycles. The lowest BCUT2D eigenvalue weighted by molar-refractivity contribution is 0.143. The van der Waals surface area contributed by atoms with Crippen molar-refractivity contribution >= 4 is 0 Å². The quantitative estimate of drug-likeness (QED) is 0.748. The molecule has 0 aliphatic carbocycles. The van der Waals surface area contributed by atoms with Crippen LogP contribution < -0.4 is 5.32 Å². The molecule has 2 atom stereocenters. The highest BCUT2D eigenvalue weighted by Gasteiger charge is 2.10. The summed E-state index contributed by atoms with van der Waals surface area (Å²) in [4.78, 5) is 0. The predicted octanol–water partition coefficient (Wildman–Crippen LogP) is 2.21. The summed E-state index contributed by atoms with van der Waals surface area (Å²) >= 11 is 0. The van der Waals surface area contributed by atoms with Gasteiger partial charge in [0, 0.05) is 19.0 Å². The van der Waals surface area contributed by atoms with Crippen molar-refractivity contribution in [3.63, 3.8) is 0 Å². The first-order chi connectivity index (χ1) is 7.58. The first-order valence-corrected chi connectivity index (χ1v) is 6.01. The van der Waals surface area contributed by atoms with Gasteiger partial charge in [-0.05, 0) is 31.4 Å². The van der Waals surface area contributed by atoms with Crippen molar-refractivity contribution in [1.29, 1.82) is 0 Å². The molecule has 0 bridgehead atoms. The summed E-state index contributed by atoms with van der Waals surface area (Å²) in [5.74, 6) is 1.52. The summed E-state index contributed by atoms with van der Waals surface area (Å²) in [7, 11) is 0. The van der Waals surface area contributed by atoms with Gasteiger partial charge in [-0.25, -0.2) is 0 Å². The van der Waals surface area contributed by atoms with Gasteiger partial charge in [-0.1, -0.05) is 13.8 Å². The molecule has 0 radical (unpaired) electrons. The summed E-state index contributed by atoms with van der Waals surface area (Å²) in [5, 5.41) is 13.0. The highest BCUT2D eigenvalue weighted by Crippen LogP contribution is 2.06. The summed E-state index contributed by atoms with van der Waals surface area (Å²) < 4.78 is 5.27. The minimum Gasteiger partial charge on any atom is -0.469 e. The normalized spacial score (nSPS) is 15.3. The molecule has 1 aromatic heterocycles. The second-order valence-corrected chi connectivity index (χ2v) is 4.88. The maximum absolute atomic E-state index is 9.71. The van der Waals surface area contributed by atoms with E-state index in [0.717, 1.165) is 18.6 Å². The largest absolute Gasteiger partial charge is 0.469 e. The third-order valence-corrected chi connectivity index (χ3v) is 2.53. The van der Waals surface area contributed by atoms with Crippen LogP contribution in [0.3, 0.4) is 0 Å². The van der Waals surface area contributed by atoms with E-state index in [2.05, 4.69) is 26.1 Å². The topological polar surface area (TPSA) is 45.4 Å². The van der Waals surface area contributed by atoms with Crippen LogP contribution in [0.4, 0.5) is 0 Å². The Morgan fingerprint density at radius 1 is 1.38 bits per heavy atom. The van der Waals surface area contributed by atoms with Crippen LogP contribution in [0.2, 0.25) is 0 Å². The van der Waals surface area contributed by atoms with Gasteiger partial charge in [0.1, 0.15) is 5.76 Å². The molecule has 2 N–H and O–H groups in total. The number of nitrogens with one attached hydrogen (secondary N) is 1. The van der Waals surface area contributed by atoms with E-state index in [9.17, 15) is 5.11 Å². The van der Waals surface area contributed by atoms with Crippen molar-refractivity contribution in [2.45, 2.75) is 45.8 Å². The van der Waals surface area contributed by atoms with Crippen LogP contribution in [0.1, 0.15) is 33.0 Å². The van der Waals surface area contributed by atoms with Gasteiger partial charge in [0.05, 0.1) is 12.4 Å². The fraction of sp³-hybridized carbons (Fsp3) is 0.692. The molecule has 2 unspecified atom stereocenters. The molecule has 0 spiro atoms. The molecule has 0 amide bonds. The fourth-order valence-electron chi connectivity index (χ4n) is 1.77. The number of aliphatic hydroxyl groups excluding tert-OH is 1. The van der Waals surface area contributed by atoms with Gasteiger partial charge in [0.15, 0.2) is 0 Å². The third-order valence-electron chi connectivity index (χ3n) is 2.53. The standard InChI is InChI=1S/C13H23NO2/c1-10(2)7-12(15)9-14-11(3)8-13-5-4-6-16-13/h4-6,10-12,14-15H,7-9H2,1-3H3. The van der Waals surface area contributed by atoms with Crippen LogP contribution in [0, 0.1) is 5.92 Å². The van der Waals surface area contributed by atoms with Crippen molar-refractivity contribution in [2.24, 2.45) is 5.92 Å². The molecule has 0 saturated carbocycles. The Hall–Kier alpha value is -0.800. The first kappa shape index (κ1) is 13.3. The van der Waals surface area contributed by atoms with Crippen LogP contribution in [0.15, 0.2) is 22.8 Å². The van der Waals surface area contributed by atoms with Crippen molar-refractivity contribution in [3.8, 4) is 0 Å². The molecular formula is C13H23NO2. The van der Waals surface area contributed by atoms with Gasteiger partial charge < -0.3 is 14.8 Å². The molecule has 0 saturated heterocycles. The number of rotatable bonds is 7. The monoisotopic (exact) mass is 225 g/mol. The van der Waals surface area contributed by atoms with E-state index < -0.39 is 0 Å². The highest BCUT2D eigenvalue weighted by atomic mass is 16.3. The van der Waals surface area contributed by atoms with E-state index in [1.165, 1.54) is 0 Å². The van der Waals surface area contributed by atoms with Gasteiger partial charge in [-0.15, -0.1) is 0 Å². The SMILES string of the molecule is CC(C)CC(O)CNC(C)Cc1ccco1. The summed E-state index contributed by atoms with van der Waals surface area (Å²) in [6.07, 6.45) is 3.15. The molecule has 16 heavy (non-hydrogen) atoms. The molecule has 3 nitrogen and oxygen atoms in total. The molecule has 1 aromatic rings. The molecule has 1 rings (SSSR count). The Morgan fingerprint density at radius 3 is 2.69 bits per heavy atom. The lowest BCUT2D eigenvalue weighted by Gasteiger charge is -2.17. The first-order valence-electron chi connectivity index (χ1n) is 6.01. The van der Waals surface area contributed by atoms with Crippen LogP contribution in [-0.2, 0) is 6.42 Å². The minimum absolute atomic E-state index is 0.251. The van der Waals surface area contributed by atoms with Crippen molar-refractivity contribution < 1.29 is 9.52 Å². The van der Waals surface area contributed by atoms with Gasteiger partial charge in [0.25, 0.3) is 0 Å². The van der Waals surface area contributed by atoms with E-state index in [0.29, 0.717) is 18.5 Å². The zero-order chi connectivity index (χ0) is 12.0. The number of hydrogen-bond acceptors (Lipinski definition) is 3. The third kappa shape index (κ3) is 5.33. The fourth-order valence-corrected chi connectivity index (χ4v) is 1.77. The zero-order valence-corrected chi connectivity index (χ0v) is 10.4. The van der Waals surface area contributed by atoms with Gasteiger partial charge in [-0.2, -0.15) is 0 Å². The predicted molar refractivity (Wildman–Crippen MR) is 65.3 cm³/mol. The lowest BCUT2D eigenvalue weighted by Crippen LogP contribution is -2.35. The van der Waals surface area contributed by atoms with Crippen molar-refractivity contribution in [3.05, 3.63) is 24.2 Å². The van der Waals surface area contributed by atoms with E-state index in [-0.39, 0.29) is 6.10 Å². The zero-order valence-electron chi connectivity index (χ0n) is 10.4. The second-order valence-electron chi connectivity index (χ2n) is 4.88. The Bertz CT molecular complexity index is 269. The Kier molecular flexibility index (Phi) is 5.56. The molecule has 3 heteroatoms. The highest BCUT2D eigenvalue weighted by molar-refractivity contribution is 4.99. The Morgan fingerprint density at radius 2 is 2.12 bits per heavy atom. The van der Waals surface area contributed by atoms with Crippen LogP contribution in [0.5, 0.6) is 0 Å². The van der Waals surface area contributed by atoms with E-state index in [1.54, 1.807) is 6.26 Å². The van der Waals surface area contributed by atoms with Crippen LogP contribution >= 0.6 is 0 Å². The summed E-state index contributed by atoms with van der Waals surface area (Å²) in [6.45, 7) is 7.00. The average Bonchev–Trinajstić information content (AvgIpc) is 2.66. The molecule has 0 aliphatic rings. The van der Waals surface area contributed by atoms with Gasteiger partial charge in [-0.3, -0.25) is 0 Å². The lowest BCUT2D eigenvalue weighted by atomic mass is 10.1. The second kappa shape index (κ2) is 6.71. The molecule has 92 valence electrons. The number of aliphatic hydroxyl groups is 1. The molecule has 0 aliphatic heterocycles. The minimum atomic E-state index is -0.251. The van der Waals surface area contributed by atoms with Crippen LogP contribution in [0.25, 0.3) is 0 Å². The average molecular weight is 225 g/mol. The van der Waals surface area contributed by atoms with Crippen LogP contribution in [-0.4, -0.2) is 23.8 Å². The maximum Gasteiger partial charge on any atom is 0.105 e. The number of furan rings is 1. The van der Waals surface area contributed by atoms with Crippen molar-refractivity contribution in [2.75, 3.05) is 6.54 Å². The van der Waals surface area contributed by atoms with E-state index in [4.69, 9.17) is 4.42 Å². The number of hydrogen-bond donors (Lipinski definition) is 2. The summed E-state index contributed by atoms with van der Waals surface area (Å²) in [6, 6.07) is 4.20. The Labute approximate surface area is 97.9 Å². The Balaban J connectivity index is 2.17. The molecular weight excluding hydrogens is 202 g/mol. The molecule has 0 aromatic carbocycles.